The summed E-state index contributed by atoms with van der Waals surface area (Å²) in [6, 6.07) is 0.547. The lowest BCUT2D eigenvalue weighted by Crippen LogP contribution is -2.23. The zero-order valence-electron chi connectivity index (χ0n) is 12.4. The van der Waals surface area contributed by atoms with Gasteiger partial charge in [-0.15, -0.1) is 10.2 Å². The molecule has 2 aromatic heterocycles. The third kappa shape index (κ3) is 3.51. The molecule has 2 aromatic rings. The summed E-state index contributed by atoms with van der Waals surface area (Å²) in [4.78, 5) is 0.900. The first-order chi connectivity index (χ1) is 8.88. The van der Waals surface area contributed by atoms with Crippen LogP contribution in [0.4, 0.5) is 0 Å². The summed E-state index contributed by atoms with van der Waals surface area (Å²) in [5.74, 6) is 0.935. The molecule has 0 aliphatic carbocycles. The second-order valence-corrected chi connectivity index (χ2v) is 7.22. The smallest absolute Gasteiger partial charge is 0.234 e. The molecule has 0 aromatic carbocycles. The molecule has 106 valence electrons. The molecule has 0 saturated heterocycles. The minimum atomic E-state index is -0.0239. The third-order valence-corrected chi connectivity index (χ3v) is 3.78. The van der Waals surface area contributed by atoms with Crippen LogP contribution < -0.4 is 5.32 Å². The number of hydrogen-bond donors (Lipinski definition) is 1. The van der Waals surface area contributed by atoms with Crippen LogP contribution in [0.25, 0.3) is 4.96 Å². The van der Waals surface area contributed by atoms with Gasteiger partial charge < -0.3 is 5.32 Å². The second-order valence-electron chi connectivity index (χ2n) is 6.18. The molecule has 0 bridgehead atoms. The van der Waals surface area contributed by atoms with Crippen molar-refractivity contribution >= 4 is 16.3 Å². The predicted octanol–water partition coefficient (Wildman–Crippen LogP) is 2.41. The Hall–Kier alpha value is -1.01. The van der Waals surface area contributed by atoms with Crippen LogP contribution in [-0.2, 0) is 11.8 Å². The van der Waals surface area contributed by atoms with Crippen LogP contribution in [0.2, 0.25) is 0 Å². The van der Waals surface area contributed by atoms with Gasteiger partial charge in [0.2, 0.25) is 4.96 Å². The lowest BCUT2D eigenvalue weighted by molar-refractivity contribution is 0.525. The Balaban J connectivity index is 2.04. The number of aromatic nitrogens is 4. The van der Waals surface area contributed by atoms with E-state index in [1.165, 1.54) is 0 Å². The third-order valence-electron chi connectivity index (χ3n) is 2.82. The average molecular weight is 281 g/mol. The maximum absolute atomic E-state index is 4.64. The molecular formula is C13H23N5S. The molecule has 5 nitrogen and oxygen atoms in total. The van der Waals surface area contributed by atoms with Gasteiger partial charge in [0.25, 0.3) is 0 Å². The largest absolute Gasteiger partial charge is 0.315 e. The summed E-state index contributed by atoms with van der Waals surface area (Å²) >= 11 is 1.64. The average Bonchev–Trinajstić information content (AvgIpc) is 2.81. The van der Waals surface area contributed by atoms with E-state index in [-0.39, 0.29) is 5.41 Å². The first kappa shape index (κ1) is 14.4. The number of aryl methyl sites for hydroxylation is 1. The fourth-order valence-corrected chi connectivity index (χ4v) is 2.73. The van der Waals surface area contributed by atoms with Gasteiger partial charge in [-0.3, -0.25) is 0 Å². The van der Waals surface area contributed by atoms with Crippen molar-refractivity contribution < 1.29 is 0 Å². The quantitative estimate of drug-likeness (QED) is 0.855. The van der Waals surface area contributed by atoms with Crippen LogP contribution >= 0.6 is 11.3 Å². The molecule has 0 spiro atoms. The van der Waals surface area contributed by atoms with E-state index in [0.29, 0.717) is 6.04 Å². The molecule has 0 amide bonds. The number of rotatable bonds is 5. The van der Waals surface area contributed by atoms with Gasteiger partial charge in [-0.25, -0.2) is 0 Å². The van der Waals surface area contributed by atoms with Crippen LogP contribution in [0.15, 0.2) is 0 Å². The minimum Gasteiger partial charge on any atom is -0.315 e. The van der Waals surface area contributed by atoms with Gasteiger partial charge in [0.05, 0.1) is 0 Å². The fraction of sp³-hybridized carbons (Fsp3) is 0.769. The standard InChI is InChI=1S/C13H23N5S/c1-9(2)14-8-6-7-10-17-18-11(13(3,4)5)15-16-12(18)19-10/h9,14H,6-8H2,1-5H3. The van der Waals surface area contributed by atoms with Crippen molar-refractivity contribution in [3.05, 3.63) is 10.8 Å². The summed E-state index contributed by atoms with van der Waals surface area (Å²) < 4.78 is 1.90. The van der Waals surface area contributed by atoms with Crippen molar-refractivity contribution in [2.24, 2.45) is 0 Å². The molecule has 2 rings (SSSR count). The highest BCUT2D eigenvalue weighted by atomic mass is 32.1. The van der Waals surface area contributed by atoms with E-state index < -0.39 is 0 Å². The maximum atomic E-state index is 4.64. The Bertz CT molecular complexity index is 535. The molecule has 0 unspecified atom stereocenters. The van der Waals surface area contributed by atoms with Gasteiger partial charge >= 0.3 is 0 Å². The highest BCUT2D eigenvalue weighted by Gasteiger charge is 2.23. The molecule has 0 saturated carbocycles. The molecule has 1 N–H and O–H groups in total. The first-order valence-corrected chi connectivity index (χ1v) is 7.64. The van der Waals surface area contributed by atoms with E-state index in [2.05, 4.69) is 55.2 Å². The summed E-state index contributed by atoms with van der Waals surface area (Å²) in [6.45, 7) is 11.8. The van der Waals surface area contributed by atoms with Gasteiger partial charge in [0, 0.05) is 17.9 Å². The van der Waals surface area contributed by atoms with E-state index in [1.807, 2.05) is 4.52 Å². The Morgan fingerprint density at radius 2 is 2.00 bits per heavy atom. The lowest BCUT2D eigenvalue weighted by Gasteiger charge is -2.13. The Morgan fingerprint density at radius 3 is 2.63 bits per heavy atom. The van der Waals surface area contributed by atoms with Crippen molar-refractivity contribution in [3.63, 3.8) is 0 Å². The topological polar surface area (TPSA) is 55.1 Å². The second kappa shape index (κ2) is 5.54. The number of hydrogen-bond acceptors (Lipinski definition) is 5. The highest BCUT2D eigenvalue weighted by molar-refractivity contribution is 7.16. The molecule has 2 heterocycles. The van der Waals surface area contributed by atoms with E-state index in [0.717, 1.165) is 35.2 Å². The van der Waals surface area contributed by atoms with Crippen molar-refractivity contribution in [3.8, 4) is 0 Å². The zero-order chi connectivity index (χ0) is 14.0. The molecule has 0 aliphatic heterocycles. The van der Waals surface area contributed by atoms with E-state index in [1.54, 1.807) is 11.3 Å². The zero-order valence-corrected chi connectivity index (χ0v) is 13.2. The summed E-state index contributed by atoms with van der Waals surface area (Å²) in [6.07, 6.45) is 2.10. The normalized spacial score (nSPS) is 12.7. The number of nitrogens with zero attached hydrogens (tertiary/aromatic N) is 4. The SMILES string of the molecule is CC(C)NCCCc1nn2c(C(C)(C)C)nnc2s1. The van der Waals surface area contributed by atoms with Gasteiger partial charge in [0.15, 0.2) is 5.82 Å². The van der Waals surface area contributed by atoms with Gasteiger partial charge in [-0.2, -0.15) is 9.61 Å². The van der Waals surface area contributed by atoms with E-state index in [9.17, 15) is 0 Å². The van der Waals surface area contributed by atoms with Gasteiger partial charge in [-0.05, 0) is 13.0 Å². The van der Waals surface area contributed by atoms with Crippen LogP contribution in [0.5, 0.6) is 0 Å². The van der Waals surface area contributed by atoms with Gasteiger partial charge in [0.1, 0.15) is 5.01 Å². The molecule has 6 heteroatoms. The lowest BCUT2D eigenvalue weighted by atomic mass is 9.96. The summed E-state index contributed by atoms with van der Waals surface area (Å²) in [7, 11) is 0. The summed E-state index contributed by atoms with van der Waals surface area (Å²) in [5, 5.41) is 17.7. The van der Waals surface area contributed by atoms with Crippen LogP contribution in [0.1, 0.15) is 51.9 Å². The maximum Gasteiger partial charge on any atom is 0.234 e. The Morgan fingerprint density at radius 1 is 1.26 bits per heavy atom. The summed E-state index contributed by atoms with van der Waals surface area (Å²) in [5.41, 5.74) is -0.0239. The molecule has 0 fully saturated rings. The molecule has 0 radical (unpaired) electrons. The minimum absolute atomic E-state index is 0.0239. The molecule has 19 heavy (non-hydrogen) atoms. The Labute approximate surface area is 118 Å². The molecular weight excluding hydrogens is 258 g/mol. The first-order valence-electron chi connectivity index (χ1n) is 6.83. The predicted molar refractivity (Wildman–Crippen MR) is 78.8 cm³/mol. The number of fused-ring (bicyclic) bond motifs is 1. The van der Waals surface area contributed by atoms with Crippen molar-refractivity contribution in [1.82, 2.24) is 25.1 Å². The fourth-order valence-electron chi connectivity index (χ4n) is 1.86. The van der Waals surface area contributed by atoms with Crippen LogP contribution in [0, 0.1) is 0 Å². The van der Waals surface area contributed by atoms with E-state index >= 15 is 0 Å². The Kier molecular flexibility index (Phi) is 4.20. The van der Waals surface area contributed by atoms with Crippen molar-refractivity contribution in [2.45, 2.75) is 58.9 Å². The highest BCUT2D eigenvalue weighted by Crippen LogP contribution is 2.23. The van der Waals surface area contributed by atoms with Crippen molar-refractivity contribution in [1.29, 1.82) is 0 Å². The molecule has 0 atom stereocenters. The molecule has 0 aliphatic rings. The van der Waals surface area contributed by atoms with Gasteiger partial charge in [-0.1, -0.05) is 46.0 Å². The van der Waals surface area contributed by atoms with Crippen LogP contribution in [0.3, 0.4) is 0 Å². The monoisotopic (exact) mass is 281 g/mol. The van der Waals surface area contributed by atoms with E-state index in [4.69, 9.17) is 0 Å². The van der Waals surface area contributed by atoms with Crippen molar-refractivity contribution in [2.75, 3.05) is 6.54 Å². The number of nitrogens with one attached hydrogen (secondary N) is 1. The van der Waals surface area contributed by atoms with Crippen LogP contribution in [-0.4, -0.2) is 32.4 Å².